The fourth-order valence-electron chi connectivity index (χ4n) is 2.77. The van der Waals surface area contributed by atoms with Crippen molar-refractivity contribution in [2.24, 2.45) is 0 Å². The van der Waals surface area contributed by atoms with Crippen LogP contribution in [0.5, 0.6) is 5.75 Å². The second kappa shape index (κ2) is 8.16. The number of hydrogen-bond acceptors (Lipinski definition) is 4. The summed E-state index contributed by atoms with van der Waals surface area (Å²) in [6, 6.07) is 21.0. The number of methoxy groups -OCH3 is 1. The molecule has 1 amide bonds. The third kappa shape index (κ3) is 3.83. The minimum Gasteiger partial charge on any atom is -0.495 e. The topological polar surface area (TPSA) is 54.5 Å². The Morgan fingerprint density at radius 3 is 2.50 bits per heavy atom. The molecule has 0 saturated heterocycles. The molecule has 0 atom stereocenters. The van der Waals surface area contributed by atoms with Gasteiger partial charge in [-0.1, -0.05) is 30.3 Å². The minimum absolute atomic E-state index is 0.277. The summed E-state index contributed by atoms with van der Waals surface area (Å²) < 4.78 is 5.28. The normalized spacial score (nSPS) is 10.2. The first kappa shape index (κ1) is 17.5. The number of ether oxygens (including phenoxy) is 1. The summed E-state index contributed by atoms with van der Waals surface area (Å²) in [6.45, 7) is 2.85. The largest absolute Gasteiger partial charge is 0.495 e. The number of amides is 1. The van der Waals surface area contributed by atoms with Crippen LogP contribution in [0.2, 0.25) is 0 Å². The van der Waals surface area contributed by atoms with Gasteiger partial charge in [0.15, 0.2) is 0 Å². The molecule has 5 nitrogen and oxygen atoms in total. The van der Waals surface area contributed by atoms with E-state index in [-0.39, 0.29) is 5.91 Å². The van der Waals surface area contributed by atoms with Crippen LogP contribution in [0.15, 0.2) is 72.9 Å². The summed E-state index contributed by atoms with van der Waals surface area (Å²) in [4.78, 5) is 19.0. The van der Waals surface area contributed by atoms with E-state index in [9.17, 15) is 4.79 Å². The van der Waals surface area contributed by atoms with Gasteiger partial charge in [0.1, 0.15) is 11.4 Å². The Balaban J connectivity index is 1.85. The van der Waals surface area contributed by atoms with Gasteiger partial charge in [0, 0.05) is 24.1 Å². The number of para-hydroxylation sites is 3. The molecule has 0 radical (unpaired) electrons. The van der Waals surface area contributed by atoms with E-state index in [1.165, 1.54) is 0 Å². The highest BCUT2D eigenvalue weighted by molar-refractivity contribution is 6.04. The lowest BCUT2D eigenvalue weighted by molar-refractivity contribution is 0.102. The highest BCUT2D eigenvalue weighted by Gasteiger charge is 2.14. The molecule has 2 aromatic carbocycles. The highest BCUT2D eigenvalue weighted by atomic mass is 16.5. The molecule has 0 spiro atoms. The lowest BCUT2D eigenvalue weighted by Gasteiger charge is -2.23. The highest BCUT2D eigenvalue weighted by Crippen LogP contribution is 2.26. The number of carbonyl (C=O) groups excluding carboxylic acids is 1. The van der Waals surface area contributed by atoms with Crippen molar-refractivity contribution < 1.29 is 9.53 Å². The van der Waals surface area contributed by atoms with Gasteiger partial charge in [0.25, 0.3) is 5.91 Å². The number of anilines is 3. The zero-order chi connectivity index (χ0) is 18.4. The number of carbonyl (C=O) groups is 1. The first-order valence-electron chi connectivity index (χ1n) is 8.46. The molecule has 0 fully saturated rings. The van der Waals surface area contributed by atoms with E-state index < -0.39 is 0 Å². The molecule has 5 heteroatoms. The number of benzene rings is 2. The van der Waals surface area contributed by atoms with Gasteiger partial charge >= 0.3 is 0 Å². The predicted molar refractivity (Wildman–Crippen MR) is 104 cm³/mol. The van der Waals surface area contributed by atoms with Gasteiger partial charge in [-0.3, -0.25) is 9.78 Å². The summed E-state index contributed by atoms with van der Waals surface area (Å²) in [5, 5.41) is 2.86. The number of hydrogen-bond donors (Lipinski definition) is 1. The van der Waals surface area contributed by atoms with Crippen LogP contribution in [0.3, 0.4) is 0 Å². The van der Waals surface area contributed by atoms with Gasteiger partial charge in [0.05, 0.1) is 12.8 Å². The van der Waals surface area contributed by atoms with Crippen molar-refractivity contribution in [1.29, 1.82) is 0 Å². The van der Waals surface area contributed by atoms with Crippen LogP contribution in [0.4, 0.5) is 17.1 Å². The van der Waals surface area contributed by atoms with Crippen LogP contribution in [0.25, 0.3) is 0 Å². The Labute approximate surface area is 153 Å². The standard InChI is InChI=1S/C21H21N3O2/c1-3-24(16-9-5-4-6-10-16)17-13-14-22-19(15-17)21(25)23-18-11-7-8-12-20(18)26-2/h4-15H,3H2,1-2H3,(H,23,25). The molecular formula is C21H21N3O2. The van der Waals surface area contributed by atoms with Crippen molar-refractivity contribution in [1.82, 2.24) is 4.98 Å². The molecule has 3 aromatic rings. The Bertz CT molecular complexity index is 881. The quantitative estimate of drug-likeness (QED) is 0.713. The molecule has 132 valence electrons. The van der Waals surface area contributed by atoms with Crippen molar-refractivity contribution in [3.8, 4) is 5.75 Å². The second-order valence-corrected chi connectivity index (χ2v) is 5.63. The smallest absolute Gasteiger partial charge is 0.274 e. The molecule has 1 aromatic heterocycles. The first-order valence-corrected chi connectivity index (χ1v) is 8.46. The average Bonchev–Trinajstić information content (AvgIpc) is 2.70. The maximum atomic E-state index is 12.6. The van der Waals surface area contributed by atoms with E-state index in [1.54, 1.807) is 31.5 Å². The van der Waals surface area contributed by atoms with Crippen LogP contribution in [0.1, 0.15) is 17.4 Å². The van der Waals surface area contributed by atoms with Crippen LogP contribution < -0.4 is 15.0 Å². The Kier molecular flexibility index (Phi) is 5.49. The number of aromatic nitrogens is 1. The van der Waals surface area contributed by atoms with Gasteiger partial charge in [0.2, 0.25) is 0 Å². The number of nitrogens with one attached hydrogen (secondary N) is 1. The molecule has 26 heavy (non-hydrogen) atoms. The Morgan fingerprint density at radius 1 is 1.04 bits per heavy atom. The molecule has 0 aliphatic rings. The molecule has 1 N–H and O–H groups in total. The SMILES string of the molecule is CCN(c1ccccc1)c1ccnc(C(=O)Nc2ccccc2OC)c1. The lowest BCUT2D eigenvalue weighted by Crippen LogP contribution is -2.18. The molecule has 0 bridgehead atoms. The average molecular weight is 347 g/mol. The third-order valence-corrected chi connectivity index (χ3v) is 4.03. The zero-order valence-corrected chi connectivity index (χ0v) is 14.8. The van der Waals surface area contributed by atoms with E-state index in [0.29, 0.717) is 17.1 Å². The second-order valence-electron chi connectivity index (χ2n) is 5.63. The van der Waals surface area contributed by atoms with Crippen molar-refractivity contribution in [2.75, 3.05) is 23.9 Å². The molecule has 0 aliphatic heterocycles. The third-order valence-electron chi connectivity index (χ3n) is 4.03. The van der Waals surface area contributed by atoms with Crippen molar-refractivity contribution >= 4 is 23.0 Å². The molecule has 0 aliphatic carbocycles. The van der Waals surface area contributed by atoms with Gasteiger partial charge in [-0.05, 0) is 43.3 Å². The van der Waals surface area contributed by atoms with Crippen molar-refractivity contribution in [3.63, 3.8) is 0 Å². The molecule has 3 rings (SSSR count). The van der Waals surface area contributed by atoms with Gasteiger partial charge in [-0.2, -0.15) is 0 Å². The van der Waals surface area contributed by atoms with Gasteiger partial charge < -0.3 is 15.0 Å². The first-order chi connectivity index (χ1) is 12.7. The lowest BCUT2D eigenvalue weighted by atomic mass is 10.2. The monoisotopic (exact) mass is 347 g/mol. The summed E-state index contributed by atoms with van der Waals surface area (Å²) in [5.74, 6) is 0.330. The van der Waals surface area contributed by atoms with Crippen LogP contribution in [0, 0.1) is 0 Å². The maximum absolute atomic E-state index is 12.6. The van der Waals surface area contributed by atoms with Crippen LogP contribution in [-0.2, 0) is 0 Å². The Morgan fingerprint density at radius 2 is 1.77 bits per heavy atom. The number of nitrogens with zero attached hydrogens (tertiary/aromatic N) is 2. The number of pyridine rings is 1. The van der Waals surface area contributed by atoms with Crippen LogP contribution >= 0.6 is 0 Å². The van der Waals surface area contributed by atoms with Gasteiger partial charge in [-0.15, -0.1) is 0 Å². The van der Waals surface area contributed by atoms with Crippen molar-refractivity contribution in [3.05, 3.63) is 78.6 Å². The van der Waals surface area contributed by atoms with Gasteiger partial charge in [-0.25, -0.2) is 0 Å². The van der Waals surface area contributed by atoms with E-state index in [1.807, 2.05) is 48.5 Å². The number of rotatable bonds is 6. The van der Waals surface area contributed by atoms with E-state index in [2.05, 4.69) is 22.1 Å². The van der Waals surface area contributed by atoms with E-state index in [0.717, 1.165) is 17.9 Å². The summed E-state index contributed by atoms with van der Waals surface area (Å²) in [6.07, 6.45) is 1.65. The summed E-state index contributed by atoms with van der Waals surface area (Å²) in [7, 11) is 1.57. The molecule has 1 heterocycles. The minimum atomic E-state index is -0.277. The maximum Gasteiger partial charge on any atom is 0.274 e. The van der Waals surface area contributed by atoms with Crippen molar-refractivity contribution in [2.45, 2.75) is 6.92 Å². The predicted octanol–water partition coefficient (Wildman–Crippen LogP) is 4.50. The summed E-state index contributed by atoms with van der Waals surface area (Å²) in [5.41, 5.74) is 2.95. The molecule has 0 unspecified atom stereocenters. The van der Waals surface area contributed by atoms with E-state index in [4.69, 9.17) is 4.74 Å². The Hall–Kier alpha value is -3.34. The zero-order valence-electron chi connectivity index (χ0n) is 14.8. The molecule has 0 saturated carbocycles. The van der Waals surface area contributed by atoms with E-state index >= 15 is 0 Å². The van der Waals surface area contributed by atoms with Crippen LogP contribution in [-0.4, -0.2) is 24.5 Å². The summed E-state index contributed by atoms with van der Waals surface area (Å²) >= 11 is 0. The fraction of sp³-hybridized carbons (Fsp3) is 0.143. The fourth-order valence-corrected chi connectivity index (χ4v) is 2.77. The molecular weight excluding hydrogens is 326 g/mol.